The Hall–Kier alpha value is -5.04. The number of rotatable bonds is 9. The molecule has 4 aromatic rings. The van der Waals surface area contributed by atoms with Crippen molar-refractivity contribution in [2.75, 3.05) is 33.3 Å². The molecule has 1 aromatic heterocycles. The number of carboxylic acid groups (broad SMARTS) is 1. The van der Waals surface area contributed by atoms with Crippen LogP contribution in [0.4, 0.5) is 17.6 Å². The van der Waals surface area contributed by atoms with Crippen molar-refractivity contribution in [2.45, 2.75) is 75.4 Å². The predicted octanol–water partition coefficient (Wildman–Crippen LogP) is 7.44. The molecular formula is C42H44F4N4O5. The smallest absolute Gasteiger partial charge is 0.336 e. The number of aromatic nitrogens is 2. The van der Waals surface area contributed by atoms with Gasteiger partial charge in [0.25, 0.3) is 5.91 Å². The largest absolute Gasteiger partial charge is 0.478 e. The van der Waals surface area contributed by atoms with Crippen LogP contribution in [0.5, 0.6) is 0 Å². The summed E-state index contributed by atoms with van der Waals surface area (Å²) in [5.74, 6) is -4.40. The van der Waals surface area contributed by atoms with E-state index in [1.807, 2.05) is 9.80 Å². The highest BCUT2D eigenvalue weighted by molar-refractivity contribution is 5.94. The Morgan fingerprint density at radius 3 is 2.22 bits per heavy atom. The normalized spacial score (nSPS) is 19.4. The summed E-state index contributed by atoms with van der Waals surface area (Å²) < 4.78 is 60.6. The van der Waals surface area contributed by atoms with Crippen molar-refractivity contribution < 1.29 is 41.8 Å². The van der Waals surface area contributed by atoms with Crippen molar-refractivity contribution >= 4 is 17.8 Å². The van der Waals surface area contributed by atoms with Gasteiger partial charge in [-0.25, -0.2) is 22.4 Å². The van der Waals surface area contributed by atoms with Crippen molar-refractivity contribution in [3.63, 3.8) is 0 Å². The molecule has 3 heterocycles. The van der Waals surface area contributed by atoms with Crippen LogP contribution in [-0.2, 0) is 28.1 Å². The second kappa shape index (κ2) is 15.2. The lowest BCUT2D eigenvalue weighted by molar-refractivity contribution is -0.145. The molecule has 0 radical (unpaired) electrons. The molecule has 2 aliphatic heterocycles. The molecule has 2 saturated heterocycles. The SMILES string of the molecule is COCc1cccc(C2CCC(F)(F)CC2)c1C(=O)O.O=C(c1cnn(Cc2ccc(F)cc2)c1)N1CCC2(C1)CN(C(=O)C1(c3ccccc3F)CC1)C2. The number of nitrogens with zero attached hydrogens (tertiary/aromatic N) is 4. The number of carbonyl (C=O) groups is 3. The van der Waals surface area contributed by atoms with Crippen LogP contribution in [0, 0.1) is 17.0 Å². The summed E-state index contributed by atoms with van der Waals surface area (Å²) in [6, 6.07) is 18.0. The number of benzene rings is 3. The fourth-order valence-electron chi connectivity index (χ4n) is 8.52. The number of halogens is 4. The Labute approximate surface area is 316 Å². The topological polar surface area (TPSA) is 105 Å². The van der Waals surface area contributed by atoms with Gasteiger partial charge in [0.15, 0.2) is 0 Å². The van der Waals surface area contributed by atoms with E-state index in [4.69, 9.17) is 4.74 Å². The van der Waals surface area contributed by atoms with Crippen LogP contribution in [0.1, 0.15) is 93.8 Å². The molecular weight excluding hydrogens is 716 g/mol. The molecule has 2 amide bonds. The first kappa shape index (κ1) is 38.2. The van der Waals surface area contributed by atoms with Crippen LogP contribution in [0.3, 0.4) is 0 Å². The van der Waals surface area contributed by atoms with Crippen LogP contribution < -0.4 is 0 Å². The number of hydrogen-bond donors (Lipinski definition) is 1. The summed E-state index contributed by atoms with van der Waals surface area (Å²) in [4.78, 5) is 41.5. The van der Waals surface area contributed by atoms with Crippen LogP contribution in [-0.4, -0.2) is 81.7 Å². The summed E-state index contributed by atoms with van der Waals surface area (Å²) in [5.41, 5.74) is 2.60. The van der Waals surface area contributed by atoms with E-state index in [1.165, 1.54) is 25.3 Å². The summed E-state index contributed by atoms with van der Waals surface area (Å²) >= 11 is 0. The van der Waals surface area contributed by atoms with Crippen LogP contribution in [0.2, 0.25) is 0 Å². The van der Waals surface area contributed by atoms with Gasteiger partial charge in [0.1, 0.15) is 11.6 Å². The molecule has 9 nitrogen and oxygen atoms in total. The molecule has 1 N–H and O–H groups in total. The Bertz CT molecular complexity index is 2050. The van der Waals surface area contributed by atoms with Crippen molar-refractivity contribution in [1.82, 2.24) is 19.6 Å². The molecule has 13 heteroatoms. The van der Waals surface area contributed by atoms with Gasteiger partial charge in [-0.05, 0) is 72.9 Å². The Morgan fingerprint density at radius 2 is 1.56 bits per heavy atom. The molecule has 1 spiro atoms. The number of methoxy groups -OCH3 is 1. The Morgan fingerprint density at radius 1 is 0.873 bits per heavy atom. The summed E-state index contributed by atoms with van der Waals surface area (Å²) in [6.45, 7) is 3.12. The highest BCUT2D eigenvalue weighted by Crippen LogP contribution is 2.53. The van der Waals surface area contributed by atoms with E-state index in [2.05, 4.69) is 5.10 Å². The van der Waals surface area contributed by atoms with Gasteiger partial charge in [-0.1, -0.05) is 48.5 Å². The summed E-state index contributed by atoms with van der Waals surface area (Å²) in [6.07, 6.45) is 5.80. The van der Waals surface area contributed by atoms with Crippen molar-refractivity contribution in [2.24, 2.45) is 5.41 Å². The number of carboxylic acids is 1. The minimum Gasteiger partial charge on any atom is -0.478 e. The zero-order valence-corrected chi connectivity index (χ0v) is 30.7. The molecule has 2 saturated carbocycles. The monoisotopic (exact) mass is 760 g/mol. The lowest BCUT2D eigenvalue weighted by Gasteiger charge is -2.49. The molecule has 8 rings (SSSR count). The lowest BCUT2D eigenvalue weighted by Crippen LogP contribution is -2.61. The number of carbonyl (C=O) groups excluding carboxylic acids is 2. The van der Waals surface area contributed by atoms with Crippen molar-refractivity contribution in [3.05, 3.63) is 124 Å². The summed E-state index contributed by atoms with van der Waals surface area (Å²) in [7, 11) is 1.50. The van der Waals surface area contributed by atoms with E-state index >= 15 is 0 Å². The Kier molecular flexibility index (Phi) is 10.6. The predicted molar refractivity (Wildman–Crippen MR) is 195 cm³/mol. The molecule has 2 aliphatic carbocycles. The quantitative estimate of drug-likeness (QED) is 0.178. The van der Waals surface area contributed by atoms with Crippen molar-refractivity contribution in [3.8, 4) is 0 Å². The van der Waals surface area contributed by atoms with Gasteiger partial charge < -0.3 is 19.6 Å². The molecule has 4 aliphatic rings. The zero-order chi connectivity index (χ0) is 39.0. The van der Waals surface area contributed by atoms with Gasteiger partial charge in [0.2, 0.25) is 11.8 Å². The fraction of sp³-hybridized carbons (Fsp3) is 0.429. The first-order chi connectivity index (χ1) is 26.3. The average Bonchev–Trinajstić information content (AvgIpc) is 3.60. The molecule has 3 aromatic carbocycles. The van der Waals surface area contributed by atoms with Gasteiger partial charge in [-0.2, -0.15) is 5.10 Å². The molecule has 290 valence electrons. The maximum absolute atomic E-state index is 14.4. The number of aromatic carboxylic acids is 1. The van der Waals surface area contributed by atoms with Crippen LogP contribution >= 0.6 is 0 Å². The van der Waals surface area contributed by atoms with Gasteiger partial charge in [0, 0.05) is 63.3 Å². The molecule has 0 unspecified atom stereocenters. The highest BCUT2D eigenvalue weighted by atomic mass is 19.3. The zero-order valence-electron chi connectivity index (χ0n) is 30.7. The number of likely N-dealkylation sites (tertiary alicyclic amines) is 2. The fourth-order valence-corrected chi connectivity index (χ4v) is 8.52. The molecule has 4 fully saturated rings. The Balaban J connectivity index is 0.000000198. The first-order valence-electron chi connectivity index (χ1n) is 18.6. The molecule has 0 bridgehead atoms. The van der Waals surface area contributed by atoms with E-state index in [0.29, 0.717) is 80.7 Å². The second-order valence-corrected chi connectivity index (χ2v) is 15.5. The number of amides is 2. The van der Waals surface area contributed by atoms with E-state index in [0.717, 1.165) is 12.0 Å². The lowest BCUT2D eigenvalue weighted by atomic mass is 9.77. The van der Waals surface area contributed by atoms with Gasteiger partial charge in [-0.15, -0.1) is 0 Å². The molecule has 55 heavy (non-hydrogen) atoms. The molecule has 0 atom stereocenters. The van der Waals surface area contributed by atoms with Crippen molar-refractivity contribution in [1.29, 1.82) is 0 Å². The van der Waals surface area contributed by atoms with E-state index in [9.17, 15) is 37.1 Å². The maximum Gasteiger partial charge on any atom is 0.336 e. The minimum absolute atomic E-state index is 0.0140. The standard InChI is InChI=1S/C27H26F2N4O2.C15H18F2O3/c28-21-7-5-19(6-8-21)14-33-15-20(13-30-33)24(34)31-12-11-26(16-31)17-32(18-26)25(35)27(9-10-27)22-3-1-2-4-23(22)29;1-20-9-11-3-2-4-12(13(11)14(18)19)10-5-7-15(16,17)8-6-10/h1-8,13,15H,9-12,14,16-18H2;2-4,10H,5-9H2,1H3,(H,18,19). The second-order valence-electron chi connectivity index (χ2n) is 15.5. The van der Waals surface area contributed by atoms with Crippen LogP contribution in [0.15, 0.2) is 79.1 Å². The third-order valence-corrected chi connectivity index (χ3v) is 11.6. The minimum atomic E-state index is -2.61. The number of hydrogen-bond acceptors (Lipinski definition) is 5. The van der Waals surface area contributed by atoms with E-state index < -0.39 is 17.3 Å². The van der Waals surface area contributed by atoms with Gasteiger partial charge in [-0.3, -0.25) is 14.3 Å². The highest BCUT2D eigenvalue weighted by Gasteiger charge is 2.59. The van der Waals surface area contributed by atoms with Gasteiger partial charge >= 0.3 is 5.97 Å². The van der Waals surface area contributed by atoms with E-state index in [-0.39, 0.29) is 59.8 Å². The first-order valence-corrected chi connectivity index (χ1v) is 18.6. The average molecular weight is 761 g/mol. The van der Waals surface area contributed by atoms with E-state index in [1.54, 1.807) is 65.6 Å². The van der Waals surface area contributed by atoms with Crippen LogP contribution in [0.25, 0.3) is 0 Å². The maximum atomic E-state index is 14.4. The third kappa shape index (κ3) is 8.03. The third-order valence-electron chi connectivity index (χ3n) is 11.6. The number of ether oxygens (including phenoxy) is 1. The summed E-state index contributed by atoms with van der Waals surface area (Å²) in [5, 5.41) is 13.7. The number of alkyl halides is 2. The van der Waals surface area contributed by atoms with Gasteiger partial charge in [0.05, 0.1) is 35.9 Å².